The van der Waals surface area contributed by atoms with Gasteiger partial charge in [0, 0.05) is 26.2 Å². The zero-order valence-electron chi connectivity index (χ0n) is 12.0. The first-order valence-electron chi connectivity index (χ1n) is 6.93. The molecule has 112 valence electrons. The van der Waals surface area contributed by atoms with Crippen LogP contribution in [0.25, 0.3) is 0 Å². The second kappa shape index (κ2) is 8.47. The molecule has 1 heterocycles. The van der Waals surface area contributed by atoms with Crippen LogP contribution in [0.1, 0.15) is 37.0 Å². The molecule has 2 N–H and O–H groups in total. The standard InChI is InChI=1S/C14H22FN3O2/c1-3-6-16-13-12(9-11(15)10-17-13)14(20)18(4-2)7-5-8-19/h9-10,19H,3-8H2,1-2H3,(H,16,17). The zero-order valence-corrected chi connectivity index (χ0v) is 12.0. The number of halogens is 1. The molecule has 0 aromatic carbocycles. The van der Waals surface area contributed by atoms with E-state index in [-0.39, 0.29) is 18.1 Å². The fourth-order valence-corrected chi connectivity index (χ4v) is 1.82. The van der Waals surface area contributed by atoms with Gasteiger partial charge in [0.05, 0.1) is 11.8 Å². The largest absolute Gasteiger partial charge is 0.396 e. The molecule has 0 radical (unpaired) electrons. The van der Waals surface area contributed by atoms with E-state index in [1.54, 1.807) is 4.90 Å². The smallest absolute Gasteiger partial charge is 0.257 e. The number of nitrogens with one attached hydrogen (secondary N) is 1. The third-order valence-electron chi connectivity index (χ3n) is 2.88. The number of anilines is 1. The molecule has 0 saturated carbocycles. The van der Waals surface area contributed by atoms with Crippen molar-refractivity contribution >= 4 is 11.7 Å². The van der Waals surface area contributed by atoms with Crippen molar-refractivity contribution in [3.63, 3.8) is 0 Å². The van der Waals surface area contributed by atoms with E-state index in [4.69, 9.17) is 5.11 Å². The van der Waals surface area contributed by atoms with E-state index >= 15 is 0 Å². The molecule has 0 spiro atoms. The number of carbonyl (C=O) groups excluding carboxylic acids is 1. The highest BCUT2D eigenvalue weighted by Crippen LogP contribution is 2.16. The average molecular weight is 283 g/mol. The van der Waals surface area contributed by atoms with Gasteiger partial charge in [-0.25, -0.2) is 9.37 Å². The summed E-state index contributed by atoms with van der Waals surface area (Å²) in [7, 11) is 0. The third kappa shape index (κ3) is 4.45. The van der Waals surface area contributed by atoms with Gasteiger partial charge in [-0.15, -0.1) is 0 Å². The number of amides is 1. The molecule has 0 unspecified atom stereocenters. The summed E-state index contributed by atoms with van der Waals surface area (Å²) in [6.07, 6.45) is 2.48. The minimum Gasteiger partial charge on any atom is -0.396 e. The minimum atomic E-state index is -0.534. The molecule has 0 atom stereocenters. The predicted octanol–water partition coefficient (Wildman–Crippen LogP) is 1.89. The van der Waals surface area contributed by atoms with Crippen LogP contribution >= 0.6 is 0 Å². The maximum Gasteiger partial charge on any atom is 0.257 e. The molecule has 0 fully saturated rings. The molecule has 6 heteroatoms. The van der Waals surface area contributed by atoms with Crippen molar-refractivity contribution < 1.29 is 14.3 Å². The molecule has 1 amide bonds. The Morgan fingerprint density at radius 1 is 1.50 bits per heavy atom. The van der Waals surface area contributed by atoms with Crippen LogP contribution in [0.5, 0.6) is 0 Å². The van der Waals surface area contributed by atoms with E-state index in [2.05, 4.69) is 10.3 Å². The van der Waals surface area contributed by atoms with Crippen LogP contribution in [0.2, 0.25) is 0 Å². The molecule has 0 aliphatic rings. The Balaban J connectivity index is 2.96. The Morgan fingerprint density at radius 2 is 2.25 bits per heavy atom. The van der Waals surface area contributed by atoms with Crippen molar-refractivity contribution in [2.45, 2.75) is 26.7 Å². The minimum absolute atomic E-state index is 0.0200. The number of carbonyl (C=O) groups is 1. The number of rotatable bonds is 8. The lowest BCUT2D eigenvalue weighted by Gasteiger charge is -2.21. The van der Waals surface area contributed by atoms with Crippen molar-refractivity contribution in [2.75, 3.05) is 31.6 Å². The van der Waals surface area contributed by atoms with Gasteiger partial charge in [0.25, 0.3) is 5.91 Å². The molecular formula is C14H22FN3O2. The number of aliphatic hydroxyl groups excluding tert-OH is 1. The van der Waals surface area contributed by atoms with Crippen LogP contribution in [0, 0.1) is 5.82 Å². The van der Waals surface area contributed by atoms with E-state index in [0.29, 0.717) is 31.9 Å². The van der Waals surface area contributed by atoms with Crippen LogP contribution in [0.4, 0.5) is 10.2 Å². The number of hydrogen-bond acceptors (Lipinski definition) is 4. The Kier molecular flexibility index (Phi) is 6.93. The lowest BCUT2D eigenvalue weighted by atomic mass is 10.2. The summed E-state index contributed by atoms with van der Waals surface area (Å²) >= 11 is 0. The second-order valence-electron chi connectivity index (χ2n) is 4.44. The predicted molar refractivity (Wildman–Crippen MR) is 76.3 cm³/mol. The molecule has 20 heavy (non-hydrogen) atoms. The van der Waals surface area contributed by atoms with E-state index in [1.165, 1.54) is 6.07 Å². The average Bonchev–Trinajstić information content (AvgIpc) is 2.46. The van der Waals surface area contributed by atoms with Gasteiger partial charge in [-0.2, -0.15) is 0 Å². The third-order valence-corrected chi connectivity index (χ3v) is 2.88. The van der Waals surface area contributed by atoms with Gasteiger partial charge in [-0.05, 0) is 25.8 Å². The molecule has 1 rings (SSSR count). The Morgan fingerprint density at radius 3 is 2.85 bits per heavy atom. The van der Waals surface area contributed by atoms with Gasteiger partial charge < -0.3 is 15.3 Å². The first-order chi connectivity index (χ1) is 9.63. The molecule has 1 aromatic rings. The van der Waals surface area contributed by atoms with Crippen LogP contribution in [-0.4, -0.2) is 47.1 Å². The van der Waals surface area contributed by atoms with Crippen LogP contribution in [-0.2, 0) is 0 Å². The lowest BCUT2D eigenvalue weighted by molar-refractivity contribution is 0.0754. The highest BCUT2D eigenvalue weighted by molar-refractivity contribution is 5.98. The summed E-state index contributed by atoms with van der Waals surface area (Å²) < 4.78 is 13.3. The second-order valence-corrected chi connectivity index (χ2v) is 4.44. The van der Waals surface area contributed by atoms with E-state index in [0.717, 1.165) is 12.6 Å². The van der Waals surface area contributed by atoms with Gasteiger partial charge in [0.1, 0.15) is 11.6 Å². The maximum atomic E-state index is 13.3. The number of hydrogen-bond donors (Lipinski definition) is 2. The van der Waals surface area contributed by atoms with Crippen LogP contribution < -0.4 is 5.32 Å². The Labute approximate surface area is 118 Å². The van der Waals surface area contributed by atoms with Crippen LogP contribution in [0.3, 0.4) is 0 Å². The fourth-order valence-electron chi connectivity index (χ4n) is 1.82. The van der Waals surface area contributed by atoms with Crippen molar-refractivity contribution in [1.29, 1.82) is 0 Å². The summed E-state index contributed by atoms with van der Waals surface area (Å²) in [5.41, 5.74) is 0.234. The first kappa shape index (κ1) is 16.4. The molecule has 0 saturated heterocycles. The summed E-state index contributed by atoms with van der Waals surface area (Å²) in [4.78, 5) is 17.9. The van der Waals surface area contributed by atoms with Crippen molar-refractivity contribution in [2.24, 2.45) is 0 Å². The quantitative estimate of drug-likeness (QED) is 0.764. The van der Waals surface area contributed by atoms with Crippen molar-refractivity contribution in [3.8, 4) is 0 Å². The summed E-state index contributed by atoms with van der Waals surface area (Å²) in [5.74, 6) is -0.402. The van der Waals surface area contributed by atoms with Gasteiger partial charge in [0.2, 0.25) is 0 Å². The van der Waals surface area contributed by atoms with Gasteiger partial charge >= 0.3 is 0 Å². The number of aromatic nitrogens is 1. The Bertz CT molecular complexity index is 440. The zero-order chi connectivity index (χ0) is 15.0. The van der Waals surface area contributed by atoms with E-state index in [1.807, 2.05) is 13.8 Å². The molecule has 0 aliphatic heterocycles. The summed E-state index contributed by atoms with van der Waals surface area (Å²) in [6.45, 7) is 5.48. The summed E-state index contributed by atoms with van der Waals surface area (Å²) in [6, 6.07) is 1.20. The Hall–Kier alpha value is -1.69. The van der Waals surface area contributed by atoms with Crippen molar-refractivity contribution in [3.05, 3.63) is 23.6 Å². The van der Waals surface area contributed by atoms with Crippen molar-refractivity contribution in [1.82, 2.24) is 9.88 Å². The van der Waals surface area contributed by atoms with Gasteiger partial charge in [-0.1, -0.05) is 6.92 Å². The van der Waals surface area contributed by atoms with Gasteiger partial charge in [0.15, 0.2) is 0 Å². The SMILES string of the molecule is CCCNc1ncc(F)cc1C(=O)N(CC)CCCO. The highest BCUT2D eigenvalue weighted by atomic mass is 19.1. The first-order valence-corrected chi connectivity index (χ1v) is 6.93. The van der Waals surface area contributed by atoms with Crippen LogP contribution in [0.15, 0.2) is 12.3 Å². The number of aliphatic hydroxyl groups is 1. The number of nitrogens with zero attached hydrogens (tertiary/aromatic N) is 2. The summed E-state index contributed by atoms with van der Waals surface area (Å²) in [5, 5.41) is 11.9. The molecule has 0 bridgehead atoms. The molecule has 1 aromatic heterocycles. The molecule has 0 aliphatic carbocycles. The maximum absolute atomic E-state index is 13.3. The lowest BCUT2D eigenvalue weighted by Crippen LogP contribution is -2.33. The highest BCUT2D eigenvalue weighted by Gasteiger charge is 2.19. The van der Waals surface area contributed by atoms with Gasteiger partial charge in [-0.3, -0.25) is 4.79 Å². The topological polar surface area (TPSA) is 65.5 Å². The number of pyridine rings is 1. The normalized spacial score (nSPS) is 10.4. The fraction of sp³-hybridized carbons (Fsp3) is 0.571. The monoisotopic (exact) mass is 283 g/mol. The van der Waals surface area contributed by atoms with E-state index < -0.39 is 5.82 Å². The molecule has 5 nitrogen and oxygen atoms in total. The molecular weight excluding hydrogens is 261 g/mol. The van der Waals surface area contributed by atoms with E-state index in [9.17, 15) is 9.18 Å².